The van der Waals surface area contributed by atoms with Crippen molar-refractivity contribution in [2.24, 2.45) is 0 Å². The number of sulfonamides is 1. The van der Waals surface area contributed by atoms with Crippen molar-refractivity contribution >= 4 is 32.7 Å². The molecule has 35 heavy (non-hydrogen) atoms. The SMILES string of the molecule is Cc1cc(-c2cc(C(=O)Nc3cc(S(=O)(=O)N(C)C)ccc3C)c3cnn(C(C)C)c3n2)c(C)o1. The molecule has 3 heterocycles. The van der Waals surface area contributed by atoms with Crippen molar-refractivity contribution in [1.82, 2.24) is 19.1 Å². The van der Waals surface area contributed by atoms with Crippen LogP contribution in [0.3, 0.4) is 0 Å². The Morgan fingerprint density at radius 2 is 1.83 bits per heavy atom. The number of anilines is 1. The van der Waals surface area contributed by atoms with Gasteiger partial charge in [0.15, 0.2) is 5.65 Å². The van der Waals surface area contributed by atoms with Gasteiger partial charge in [-0.15, -0.1) is 0 Å². The molecule has 10 heteroatoms. The van der Waals surface area contributed by atoms with Gasteiger partial charge >= 0.3 is 0 Å². The molecule has 4 rings (SSSR count). The van der Waals surface area contributed by atoms with Crippen molar-refractivity contribution in [3.63, 3.8) is 0 Å². The Labute approximate surface area is 204 Å². The number of rotatable bonds is 6. The minimum Gasteiger partial charge on any atom is -0.466 e. The first-order chi connectivity index (χ1) is 16.4. The van der Waals surface area contributed by atoms with E-state index in [1.165, 1.54) is 26.2 Å². The van der Waals surface area contributed by atoms with Gasteiger partial charge in [-0.3, -0.25) is 4.79 Å². The molecule has 0 radical (unpaired) electrons. The molecule has 0 saturated carbocycles. The number of carbonyl (C=O) groups is 1. The van der Waals surface area contributed by atoms with Crippen molar-refractivity contribution < 1.29 is 17.6 Å². The van der Waals surface area contributed by atoms with Gasteiger partial charge < -0.3 is 9.73 Å². The summed E-state index contributed by atoms with van der Waals surface area (Å²) in [5.41, 5.74) is 3.51. The lowest BCUT2D eigenvalue weighted by Gasteiger charge is -2.15. The zero-order chi connectivity index (χ0) is 25.7. The highest BCUT2D eigenvalue weighted by Crippen LogP contribution is 2.31. The van der Waals surface area contributed by atoms with E-state index in [2.05, 4.69) is 10.4 Å². The average Bonchev–Trinajstić information content (AvgIpc) is 3.36. The van der Waals surface area contributed by atoms with Crippen LogP contribution in [0.2, 0.25) is 0 Å². The number of fused-ring (bicyclic) bond motifs is 1. The number of benzene rings is 1. The molecule has 1 aromatic carbocycles. The predicted octanol–water partition coefficient (Wildman–Crippen LogP) is 4.70. The standard InChI is InChI=1S/C25H29N5O4S/c1-14(2)30-24-21(13-26-30)20(12-23(27-24)19-10-16(4)34-17(19)5)25(31)28-22-11-18(9-8-15(22)3)35(32,33)29(6)7/h8-14H,1-7H3,(H,28,31). The van der Waals surface area contributed by atoms with E-state index in [-0.39, 0.29) is 16.8 Å². The Hall–Kier alpha value is -3.50. The van der Waals surface area contributed by atoms with Gasteiger partial charge in [0.1, 0.15) is 11.5 Å². The number of aryl methyl sites for hydroxylation is 3. The molecule has 184 valence electrons. The van der Waals surface area contributed by atoms with E-state index in [1.807, 2.05) is 40.7 Å². The van der Waals surface area contributed by atoms with Crippen molar-refractivity contribution in [3.05, 3.63) is 59.2 Å². The summed E-state index contributed by atoms with van der Waals surface area (Å²) < 4.78 is 33.8. The number of nitrogens with zero attached hydrogens (tertiary/aromatic N) is 4. The summed E-state index contributed by atoms with van der Waals surface area (Å²) in [5, 5.41) is 7.96. The molecule has 0 saturated heterocycles. The zero-order valence-corrected chi connectivity index (χ0v) is 21.7. The molecule has 0 unspecified atom stereocenters. The number of nitrogens with one attached hydrogen (secondary N) is 1. The predicted molar refractivity (Wildman–Crippen MR) is 135 cm³/mol. The largest absolute Gasteiger partial charge is 0.466 e. The normalized spacial score (nSPS) is 12.1. The quantitative estimate of drug-likeness (QED) is 0.415. The van der Waals surface area contributed by atoms with Crippen LogP contribution in [0.4, 0.5) is 5.69 Å². The second-order valence-corrected chi connectivity index (χ2v) is 11.2. The van der Waals surface area contributed by atoms with E-state index in [0.29, 0.717) is 33.7 Å². The zero-order valence-electron chi connectivity index (χ0n) is 20.9. The van der Waals surface area contributed by atoms with Crippen LogP contribution in [-0.4, -0.2) is 47.5 Å². The third-order valence-corrected chi connectivity index (χ3v) is 7.66. The number of carbonyl (C=O) groups excluding carboxylic acids is 1. The van der Waals surface area contributed by atoms with Gasteiger partial charge in [-0.1, -0.05) is 6.07 Å². The fourth-order valence-corrected chi connectivity index (χ4v) is 4.83. The third-order valence-electron chi connectivity index (χ3n) is 5.85. The molecule has 4 aromatic rings. The molecule has 9 nitrogen and oxygen atoms in total. The maximum Gasteiger partial charge on any atom is 0.256 e. The molecule has 1 N–H and O–H groups in total. The highest BCUT2D eigenvalue weighted by Gasteiger charge is 2.22. The maximum absolute atomic E-state index is 13.6. The summed E-state index contributed by atoms with van der Waals surface area (Å²) >= 11 is 0. The van der Waals surface area contributed by atoms with E-state index in [4.69, 9.17) is 9.40 Å². The topological polar surface area (TPSA) is 110 Å². The molecule has 0 bridgehead atoms. The first kappa shape index (κ1) is 24.6. The second kappa shape index (κ2) is 8.94. The summed E-state index contributed by atoms with van der Waals surface area (Å²) in [4.78, 5) is 18.5. The highest BCUT2D eigenvalue weighted by atomic mass is 32.2. The van der Waals surface area contributed by atoms with E-state index in [9.17, 15) is 13.2 Å². The van der Waals surface area contributed by atoms with E-state index in [1.54, 1.807) is 23.0 Å². The molecule has 0 atom stereocenters. The van der Waals surface area contributed by atoms with Gasteiger partial charge in [0.25, 0.3) is 5.91 Å². The highest BCUT2D eigenvalue weighted by molar-refractivity contribution is 7.89. The molecule has 0 aliphatic heterocycles. The van der Waals surface area contributed by atoms with Crippen LogP contribution in [0.1, 0.15) is 47.3 Å². The van der Waals surface area contributed by atoms with Crippen LogP contribution in [0.25, 0.3) is 22.3 Å². The lowest BCUT2D eigenvalue weighted by Crippen LogP contribution is -2.22. The number of furan rings is 1. The van der Waals surface area contributed by atoms with E-state index < -0.39 is 10.0 Å². The number of hydrogen-bond acceptors (Lipinski definition) is 6. The lowest BCUT2D eigenvalue weighted by atomic mass is 10.1. The molecule has 0 spiro atoms. The Morgan fingerprint density at radius 3 is 2.43 bits per heavy atom. The van der Waals surface area contributed by atoms with Gasteiger partial charge in [-0.25, -0.2) is 22.4 Å². The molecule has 0 fully saturated rings. The second-order valence-electron chi connectivity index (χ2n) is 9.02. The first-order valence-electron chi connectivity index (χ1n) is 11.2. The molecular formula is C25H29N5O4S. The van der Waals surface area contributed by atoms with Crippen molar-refractivity contribution in [1.29, 1.82) is 0 Å². The first-order valence-corrected chi connectivity index (χ1v) is 12.6. The fourth-order valence-electron chi connectivity index (χ4n) is 3.90. The van der Waals surface area contributed by atoms with Gasteiger partial charge in [-0.2, -0.15) is 5.10 Å². The van der Waals surface area contributed by atoms with Crippen molar-refractivity contribution in [2.45, 2.75) is 45.6 Å². The Kier molecular flexibility index (Phi) is 6.29. The van der Waals surface area contributed by atoms with Crippen LogP contribution < -0.4 is 5.32 Å². The van der Waals surface area contributed by atoms with Crippen LogP contribution in [-0.2, 0) is 10.0 Å². The van der Waals surface area contributed by atoms with Crippen molar-refractivity contribution in [2.75, 3.05) is 19.4 Å². The summed E-state index contributed by atoms with van der Waals surface area (Å²) in [5.74, 6) is 1.06. The van der Waals surface area contributed by atoms with Crippen LogP contribution >= 0.6 is 0 Å². The fraction of sp³-hybridized carbons (Fsp3) is 0.320. The van der Waals surface area contributed by atoms with Gasteiger partial charge in [0, 0.05) is 31.4 Å². The minimum atomic E-state index is -3.65. The molecule has 3 aromatic heterocycles. The summed E-state index contributed by atoms with van der Waals surface area (Å²) in [6.07, 6.45) is 1.63. The number of amides is 1. The number of aromatic nitrogens is 3. The molecular weight excluding hydrogens is 466 g/mol. The third kappa shape index (κ3) is 4.46. The summed E-state index contributed by atoms with van der Waals surface area (Å²) in [6.45, 7) is 9.51. The minimum absolute atomic E-state index is 0.0357. The van der Waals surface area contributed by atoms with E-state index >= 15 is 0 Å². The Bertz CT molecular complexity index is 1550. The van der Waals surface area contributed by atoms with Gasteiger partial charge in [0.05, 0.1) is 27.7 Å². The Balaban J connectivity index is 1.84. The molecule has 0 aliphatic rings. The monoisotopic (exact) mass is 495 g/mol. The van der Waals surface area contributed by atoms with Crippen LogP contribution in [0.15, 0.2) is 45.8 Å². The van der Waals surface area contributed by atoms with Gasteiger partial charge in [-0.05, 0) is 64.4 Å². The lowest BCUT2D eigenvalue weighted by molar-refractivity contribution is 0.102. The smallest absolute Gasteiger partial charge is 0.256 e. The van der Waals surface area contributed by atoms with Crippen molar-refractivity contribution in [3.8, 4) is 11.3 Å². The van der Waals surface area contributed by atoms with Crippen LogP contribution in [0, 0.1) is 20.8 Å². The number of hydrogen-bond donors (Lipinski definition) is 1. The van der Waals surface area contributed by atoms with Crippen LogP contribution in [0.5, 0.6) is 0 Å². The average molecular weight is 496 g/mol. The van der Waals surface area contributed by atoms with Gasteiger partial charge in [0.2, 0.25) is 10.0 Å². The summed E-state index contributed by atoms with van der Waals surface area (Å²) in [6, 6.07) is 8.32. The summed E-state index contributed by atoms with van der Waals surface area (Å²) in [7, 11) is -0.721. The maximum atomic E-state index is 13.6. The molecule has 1 amide bonds. The van der Waals surface area contributed by atoms with E-state index in [0.717, 1.165) is 21.2 Å². The Morgan fingerprint density at radius 1 is 1.11 bits per heavy atom. The number of pyridine rings is 1. The molecule has 0 aliphatic carbocycles.